The maximum Gasteiger partial charge on any atom is 0.288 e. The van der Waals surface area contributed by atoms with Gasteiger partial charge in [-0.3, -0.25) is 14.4 Å². The van der Waals surface area contributed by atoms with Crippen LogP contribution in [0.1, 0.15) is 40.4 Å². The molecular weight excluding hydrogens is 427 g/mol. The van der Waals surface area contributed by atoms with Gasteiger partial charge in [-0.05, 0) is 30.9 Å². The van der Waals surface area contributed by atoms with Crippen LogP contribution < -0.4 is 16.2 Å². The van der Waals surface area contributed by atoms with Crippen LogP contribution in [0.15, 0.2) is 41.3 Å². The van der Waals surface area contributed by atoms with E-state index in [4.69, 9.17) is 5.73 Å². The van der Waals surface area contributed by atoms with E-state index in [9.17, 15) is 14.4 Å². The first kappa shape index (κ1) is 21.0. The fourth-order valence-corrected chi connectivity index (χ4v) is 5.28. The van der Waals surface area contributed by atoms with Crippen molar-refractivity contribution in [1.82, 2.24) is 19.3 Å². The standard InChI is InChI=1S/C23H23FN6O3/c1-28-12-17-13(11-19(28)31)7-8-15(22(33)29(17)2)23(14-5-3-4-6-16(14)24)10-9-18-26-21(20(25)32)27-30(18)23/h3-6,11-12,15H,7-10H2,1-2H3,(H2,25,32)/t15-,23?/m1/s1. The molecule has 33 heavy (non-hydrogen) atoms. The number of hydrogen-bond donors (Lipinski definition) is 1. The lowest BCUT2D eigenvalue weighted by Gasteiger charge is -2.38. The van der Waals surface area contributed by atoms with Gasteiger partial charge in [0.2, 0.25) is 11.7 Å². The number of carbonyl (C=O) groups is 2. The summed E-state index contributed by atoms with van der Waals surface area (Å²) in [6.07, 6.45) is 3.27. The zero-order valence-corrected chi connectivity index (χ0v) is 18.3. The summed E-state index contributed by atoms with van der Waals surface area (Å²) in [4.78, 5) is 43.7. The highest BCUT2D eigenvalue weighted by Gasteiger charge is 2.54. The normalized spacial score (nSPS) is 22.1. The summed E-state index contributed by atoms with van der Waals surface area (Å²) in [6.45, 7) is 0. The Labute approximate surface area is 188 Å². The van der Waals surface area contributed by atoms with Crippen LogP contribution in [0.4, 0.5) is 10.1 Å². The minimum atomic E-state index is -1.18. The molecule has 0 radical (unpaired) electrons. The quantitative estimate of drug-likeness (QED) is 0.642. The Morgan fingerprint density at radius 3 is 2.70 bits per heavy atom. The highest BCUT2D eigenvalue weighted by molar-refractivity contribution is 5.97. The molecule has 1 aromatic carbocycles. The van der Waals surface area contributed by atoms with Gasteiger partial charge in [0, 0.05) is 38.3 Å². The fraction of sp³-hybridized carbons (Fsp3) is 0.348. The van der Waals surface area contributed by atoms with Crippen LogP contribution in [0.25, 0.3) is 0 Å². The lowest BCUT2D eigenvalue weighted by Crippen LogP contribution is -2.49. The maximum atomic E-state index is 15.3. The smallest absolute Gasteiger partial charge is 0.288 e. The summed E-state index contributed by atoms with van der Waals surface area (Å²) in [5.41, 5.74) is 5.78. The number of nitrogens with zero attached hydrogens (tertiary/aromatic N) is 5. The van der Waals surface area contributed by atoms with Gasteiger partial charge >= 0.3 is 0 Å². The Morgan fingerprint density at radius 1 is 1.21 bits per heavy atom. The Hall–Kier alpha value is -3.82. The minimum absolute atomic E-state index is 0.161. The number of aromatic nitrogens is 4. The fourth-order valence-electron chi connectivity index (χ4n) is 5.28. The highest BCUT2D eigenvalue weighted by Crippen LogP contribution is 2.48. The average molecular weight is 450 g/mol. The van der Waals surface area contributed by atoms with E-state index in [1.165, 1.54) is 26.3 Å². The molecule has 10 heteroatoms. The lowest BCUT2D eigenvalue weighted by molar-refractivity contribution is -0.125. The van der Waals surface area contributed by atoms with E-state index in [1.54, 1.807) is 38.5 Å². The Kier molecular flexibility index (Phi) is 4.70. The number of rotatable bonds is 3. The first-order valence-corrected chi connectivity index (χ1v) is 10.7. The number of aryl methyl sites for hydroxylation is 3. The molecule has 1 unspecified atom stereocenters. The van der Waals surface area contributed by atoms with Gasteiger partial charge in [0.1, 0.15) is 17.2 Å². The van der Waals surface area contributed by atoms with Crippen molar-refractivity contribution in [1.29, 1.82) is 0 Å². The highest BCUT2D eigenvalue weighted by atomic mass is 19.1. The van der Waals surface area contributed by atoms with E-state index in [1.807, 2.05) is 0 Å². The molecule has 170 valence electrons. The molecule has 5 rings (SSSR count). The third-order valence-corrected chi connectivity index (χ3v) is 6.90. The Bertz CT molecular complexity index is 1360. The number of primary amides is 1. The third kappa shape index (κ3) is 3.00. The van der Waals surface area contributed by atoms with Crippen LogP contribution in [-0.2, 0) is 30.2 Å². The van der Waals surface area contributed by atoms with E-state index in [0.717, 1.165) is 5.56 Å². The summed E-state index contributed by atoms with van der Waals surface area (Å²) in [5.74, 6) is -1.86. The van der Waals surface area contributed by atoms with Crippen molar-refractivity contribution >= 4 is 17.5 Å². The third-order valence-electron chi connectivity index (χ3n) is 6.90. The van der Waals surface area contributed by atoms with Crippen molar-refractivity contribution < 1.29 is 14.0 Å². The maximum absolute atomic E-state index is 15.3. The second-order valence-corrected chi connectivity index (χ2v) is 8.65. The first-order chi connectivity index (χ1) is 15.7. The molecule has 2 N–H and O–H groups in total. The summed E-state index contributed by atoms with van der Waals surface area (Å²) >= 11 is 0. The van der Waals surface area contributed by atoms with Gasteiger partial charge in [-0.25, -0.2) is 14.1 Å². The summed E-state index contributed by atoms with van der Waals surface area (Å²) in [6, 6.07) is 7.85. The molecule has 0 saturated heterocycles. The number of amides is 2. The molecule has 4 heterocycles. The molecule has 0 spiro atoms. The minimum Gasteiger partial charge on any atom is -0.363 e. The number of anilines is 1. The van der Waals surface area contributed by atoms with Crippen molar-refractivity contribution in [3.8, 4) is 0 Å². The van der Waals surface area contributed by atoms with Crippen molar-refractivity contribution in [3.05, 3.63) is 75.5 Å². The molecule has 3 aromatic rings. The molecule has 2 amide bonds. The van der Waals surface area contributed by atoms with E-state index >= 15 is 4.39 Å². The largest absolute Gasteiger partial charge is 0.363 e. The van der Waals surface area contributed by atoms with E-state index < -0.39 is 23.2 Å². The number of benzene rings is 1. The van der Waals surface area contributed by atoms with Crippen LogP contribution in [0, 0.1) is 11.7 Å². The molecule has 2 aliphatic rings. The SMILES string of the molecule is CN1C(=O)[C@H](C2(c3ccccc3F)CCc3nc(C(N)=O)nn32)CCc2cc(=O)n(C)cc21. The van der Waals surface area contributed by atoms with E-state index in [0.29, 0.717) is 42.8 Å². The van der Waals surface area contributed by atoms with Gasteiger partial charge in [0.25, 0.3) is 11.5 Å². The van der Waals surface area contributed by atoms with E-state index in [-0.39, 0.29) is 17.3 Å². The molecule has 0 aliphatic carbocycles. The Morgan fingerprint density at radius 2 is 1.97 bits per heavy atom. The summed E-state index contributed by atoms with van der Waals surface area (Å²) < 4.78 is 18.2. The monoisotopic (exact) mass is 450 g/mol. The van der Waals surface area contributed by atoms with Gasteiger partial charge < -0.3 is 15.2 Å². The second-order valence-electron chi connectivity index (χ2n) is 8.65. The topological polar surface area (TPSA) is 116 Å². The molecular formula is C23H23FN6O3. The zero-order valence-electron chi connectivity index (χ0n) is 18.3. The van der Waals surface area contributed by atoms with Crippen LogP contribution in [0.5, 0.6) is 0 Å². The van der Waals surface area contributed by atoms with E-state index in [2.05, 4.69) is 10.1 Å². The van der Waals surface area contributed by atoms with Crippen LogP contribution >= 0.6 is 0 Å². The van der Waals surface area contributed by atoms with Crippen LogP contribution in [0.3, 0.4) is 0 Å². The number of halogens is 1. The molecule has 9 nitrogen and oxygen atoms in total. The van der Waals surface area contributed by atoms with Gasteiger partial charge in [0.15, 0.2) is 0 Å². The first-order valence-electron chi connectivity index (χ1n) is 10.7. The van der Waals surface area contributed by atoms with Crippen LogP contribution in [-0.4, -0.2) is 38.2 Å². The van der Waals surface area contributed by atoms with Gasteiger partial charge in [-0.15, -0.1) is 5.10 Å². The Balaban J connectivity index is 1.72. The number of fused-ring (bicyclic) bond motifs is 2. The zero-order chi connectivity index (χ0) is 23.5. The molecule has 2 aliphatic heterocycles. The van der Waals surface area contributed by atoms with Gasteiger partial charge in [-0.1, -0.05) is 18.2 Å². The van der Waals surface area contributed by atoms with Crippen LogP contribution in [0.2, 0.25) is 0 Å². The van der Waals surface area contributed by atoms with Crippen molar-refractivity contribution in [2.24, 2.45) is 18.7 Å². The van der Waals surface area contributed by atoms with Crippen molar-refractivity contribution in [2.45, 2.75) is 31.2 Å². The molecule has 0 fully saturated rings. The number of nitrogens with two attached hydrogens (primary N) is 1. The molecule has 2 atom stereocenters. The molecule has 2 aromatic heterocycles. The number of hydrogen-bond acceptors (Lipinski definition) is 5. The molecule has 0 saturated carbocycles. The second kappa shape index (κ2) is 7.36. The molecule has 0 bridgehead atoms. The average Bonchev–Trinajstić information content (AvgIpc) is 3.33. The van der Waals surface area contributed by atoms with Crippen molar-refractivity contribution in [3.63, 3.8) is 0 Å². The predicted molar refractivity (Wildman–Crippen MR) is 117 cm³/mol. The van der Waals surface area contributed by atoms with Gasteiger partial charge in [0.05, 0.1) is 11.6 Å². The lowest BCUT2D eigenvalue weighted by atomic mass is 9.73. The number of pyridine rings is 1. The summed E-state index contributed by atoms with van der Waals surface area (Å²) in [5, 5.41) is 4.34. The van der Waals surface area contributed by atoms with Crippen molar-refractivity contribution in [2.75, 3.05) is 11.9 Å². The predicted octanol–water partition coefficient (Wildman–Crippen LogP) is 1.13. The van der Waals surface area contributed by atoms with Gasteiger partial charge in [-0.2, -0.15) is 0 Å². The number of carbonyl (C=O) groups excluding carboxylic acids is 2. The summed E-state index contributed by atoms with van der Waals surface area (Å²) in [7, 11) is 3.29.